The van der Waals surface area contributed by atoms with E-state index in [2.05, 4.69) is 19.2 Å². The van der Waals surface area contributed by atoms with E-state index in [1.807, 2.05) is 0 Å². The van der Waals surface area contributed by atoms with Crippen LogP contribution in [0.5, 0.6) is 0 Å². The molecule has 5 nitrogen and oxygen atoms in total. The largest absolute Gasteiger partial charge is 0.355 e. The fraction of sp³-hybridized carbons (Fsp3) is 0.762. The molecule has 0 radical (unpaired) electrons. The third-order valence-corrected chi connectivity index (χ3v) is 6.37. The highest BCUT2D eigenvalue weighted by atomic mass is 16.2. The van der Waals surface area contributed by atoms with Crippen LogP contribution >= 0.6 is 0 Å². The summed E-state index contributed by atoms with van der Waals surface area (Å²) in [5.41, 5.74) is 0.168. The van der Waals surface area contributed by atoms with E-state index >= 15 is 0 Å². The minimum absolute atomic E-state index is 0.0776. The number of carbonyl (C=O) groups is 3. The van der Waals surface area contributed by atoms with Gasteiger partial charge in [-0.1, -0.05) is 33.1 Å². The molecule has 0 spiro atoms. The highest BCUT2D eigenvalue weighted by Crippen LogP contribution is 2.37. The van der Waals surface area contributed by atoms with Crippen LogP contribution in [0, 0.1) is 23.2 Å². The Bertz CT molecular complexity index is 566. The van der Waals surface area contributed by atoms with Crippen molar-refractivity contribution in [3.63, 3.8) is 0 Å². The molecular formula is C21H32N2O3. The van der Waals surface area contributed by atoms with Crippen LogP contribution in [-0.2, 0) is 14.4 Å². The Morgan fingerprint density at radius 1 is 1.04 bits per heavy atom. The van der Waals surface area contributed by atoms with E-state index in [9.17, 15) is 14.4 Å². The van der Waals surface area contributed by atoms with E-state index in [1.54, 1.807) is 0 Å². The smallest absolute Gasteiger partial charge is 0.253 e. The van der Waals surface area contributed by atoms with Gasteiger partial charge in [-0.15, -0.1) is 0 Å². The van der Waals surface area contributed by atoms with Crippen LogP contribution in [0.3, 0.4) is 0 Å². The number of nitrogens with zero attached hydrogens (tertiary/aromatic N) is 1. The molecule has 5 heteroatoms. The van der Waals surface area contributed by atoms with Gasteiger partial charge in [0.25, 0.3) is 11.8 Å². The van der Waals surface area contributed by atoms with Crippen molar-refractivity contribution in [2.24, 2.45) is 23.2 Å². The zero-order valence-corrected chi connectivity index (χ0v) is 16.1. The molecule has 0 atom stereocenters. The molecular weight excluding hydrogens is 328 g/mol. The van der Waals surface area contributed by atoms with Gasteiger partial charge in [-0.3, -0.25) is 19.3 Å². The fourth-order valence-electron chi connectivity index (χ4n) is 4.50. The Balaban J connectivity index is 1.38. The quantitative estimate of drug-likeness (QED) is 0.710. The van der Waals surface area contributed by atoms with Crippen LogP contribution in [0.15, 0.2) is 12.2 Å². The Morgan fingerprint density at radius 2 is 1.65 bits per heavy atom. The van der Waals surface area contributed by atoms with Crippen molar-refractivity contribution in [2.45, 2.75) is 65.2 Å². The second-order valence-corrected chi connectivity index (χ2v) is 9.22. The summed E-state index contributed by atoms with van der Waals surface area (Å²) in [6.07, 6.45) is 11.4. The third-order valence-electron chi connectivity index (χ3n) is 6.37. The summed E-state index contributed by atoms with van der Waals surface area (Å²) in [5, 5.41) is 3.18. The first-order valence-corrected chi connectivity index (χ1v) is 10.2. The molecule has 2 saturated carbocycles. The average molecular weight is 360 g/mol. The summed E-state index contributed by atoms with van der Waals surface area (Å²) >= 11 is 0. The third kappa shape index (κ3) is 4.74. The van der Waals surface area contributed by atoms with Gasteiger partial charge in [0.2, 0.25) is 5.91 Å². The molecule has 2 aliphatic carbocycles. The molecule has 0 bridgehead atoms. The van der Waals surface area contributed by atoms with Crippen LogP contribution in [-0.4, -0.2) is 35.7 Å². The van der Waals surface area contributed by atoms with E-state index < -0.39 is 0 Å². The number of carbonyl (C=O) groups excluding carboxylic acids is 3. The van der Waals surface area contributed by atoms with Crippen LogP contribution in [0.25, 0.3) is 0 Å². The summed E-state index contributed by atoms with van der Waals surface area (Å²) in [6.45, 7) is 5.75. The zero-order valence-electron chi connectivity index (χ0n) is 16.1. The lowest BCUT2D eigenvalue weighted by Crippen LogP contribution is -2.41. The Morgan fingerprint density at radius 3 is 2.19 bits per heavy atom. The highest BCUT2D eigenvalue weighted by Gasteiger charge is 2.32. The van der Waals surface area contributed by atoms with Gasteiger partial charge in [0.15, 0.2) is 0 Å². The molecule has 2 fully saturated rings. The van der Waals surface area contributed by atoms with Gasteiger partial charge in [-0.25, -0.2) is 0 Å². The van der Waals surface area contributed by atoms with Crippen LogP contribution in [0.1, 0.15) is 65.2 Å². The molecule has 0 aromatic carbocycles. The predicted molar refractivity (Wildman–Crippen MR) is 100 cm³/mol. The molecule has 0 aromatic rings. The molecule has 26 heavy (non-hydrogen) atoms. The van der Waals surface area contributed by atoms with Crippen LogP contribution < -0.4 is 5.32 Å². The molecule has 1 aliphatic heterocycles. The van der Waals surface area contributed by atoms with Crippen molar-refractivity contribution >= 4 is 17.7 Å². The van der Waals surface area contributed by atoms with Gasteiger partial charge in [0.1, 0.15) is 0 Å². The lowest BCUT2D eigenvalue weighted by molar-refractivity contribution is -0.138. The second-order valence-electron chi connectivity index (χ2n) is 9.22. The Hall–Kier alpha value is -1.65. The summed E-state index contributed by atoms with van der Waals surface area (Å²) in [7, 11) is 0. The van der Waals surface area contributed by atoms with E-state index in [0.717, 1.165) is 38.1 Å². The van der Waals surface area contributed by atoms with E-state index in [4.69, 9.17) is 0 Å². The van der Waals surface area contributed by atoms with E-state index in [0.29, 0.717) is 12.5 Å². The fourth-order valence-corrected chi connectivity index (χ4v) is 4.50. The standard InChI is InChI=1S/C21H32N2O3/c1-21(2,12-15-4-3-5-15)14-22-20(26)17-8-6-16(7-9-17)13-23-18(24)10-11-19(23)25/h10-11,15-17H,3-9,12-14H2,1-2H3,(H,22,26). The summed E-state index contributed by atoms with van der Waals surface area (Å²) < 4.78 is 0. The number of imide groups is 1. The molecule has 1 heterocycles. The van der Waals surface area contributed by atoms with Crippen LogP contribution in [0.4, 0.5) is 0 Å². The maximum Gasteiger partial charge on any atom is 0.253 e. The van der Waals surface area contributed by atoms with Crippen molar-refractivity contribution < 1.29 is 14.4 Å². The van der Waals surface area contributed by atoms with Crippen molar-refractivity contribution in [1.29, 1.82) is 0 Å². The van der Waals surface area contributed by atoms with Gasteiger partial charge < -0.3 is 5.32 Å². The van der Waals surface area contributed by atoms with Crippen molar-refractivity contribution in [1.82, 2.24) is 10.2 Å². The number of hydrogen-bond acceptors (Lipinski definition) is 3. The molecule has 3 amide bonds. The van der Waals surface area contributed by atoms with Gasteiger partial charge in [-0.05, 0) is 49.4 Å². The molecule has 144 valence electrons. The first kappa shape index (κ1) is 19.1. The maximum atomic E-state index is 12.5. The first-order valence-electron chi connectivity index (χ1n) is 10.2. The lowest BCUT2D eigenvalue weighted by atomic mass is 9.73. The SMILES string of the molecule is CC(C)(CNC(=O)C1CCC(CN2C(=O)C=CC2=O)CC1)CC1CCC1. The molecule has 3 aliphatic rings. The monoisotopic (exact) mass is 360 g/mol. The van der Waals surface area contributed by atoms with Gasteiger partial charge >= 0.3 is 0 Å². The normalized spacial score (nSPS) is 26.9. The molecule has 0 aromatic heterocycles. The molecule has 0 unspecified atom stereocenters. The zero-order chi connectivity index (χ0) is 18.7. The maximum absolute atomic E-state index is 12.5. The number of hydrogen-bond donors (Lipinski definition) is 1. The summed E-state index contributed by atoms with van der Waals surface area (Å²) in [6, 6.07) is 0. The Kier molecular flexibility index (Phi) is 5.83. The average Bonchev–Trinajstić information content (AvgIpc) is 2.89. The van der Waals surface area contributed by atoms with Gasteiger partial charge in [-0.2, -0.15) is 0 Å². The topological polar surface area (TPSA) is 66.5 Å². The summed E-state index contributed by atoms with van der Waals surface area (Å²) in [4.78, 5) is 37.2. The van der Waals surface area contributed by atoms with Crippen LogP contribution in [0.2, 0.25) is 0 Å². The molecule has 1 N–H and O–H groups in total. The molecule has 0 saturated heterocycles. The van der Waals surface area contributed by atoms with E-state index in [1.165, 1.54) is 42.7 Å². The lowest BCUT2D eigenvalue weighted by Gasteiger charge is -2.35. The first-order chi connectivity index (χ1) is 12.3. The molecule has 3 rings (SSSR count). The van der Waals surface area contributed by atoms with Gasteiger partial charge in [0, 0.05) is 31.2 Å². The number of amides is 3. The number of rotatable bonds is 7. The minimum Gasteiger partial charge on any atom is -0.355 e. The number of nitrogens with one attached hydrogen (secondary N) is 1. The van der Waals surface area contributed by atoms with Crippen molar-refractivity contribution in [3.8, 4) is 0 Å². The predicted octanol–water partition coefficient (Wildman–Crippen LogP) is 3.05. The van der Waals surface area contributed by atoms with E-state index in [-0.39, 0.29) is 29.1 Å². The van der Waals surface area contributed by atoms with Crippen molar-refractivity contribution in [2.75, 3.05) is 13.1 Å². The Labute approximate surface area is 156 Å². The van der Waals surface area contributed by atoms with Gasteiger partial charge in [0.05, 0.1) is 0 Å². The van der Waals surface area contributed by atoms with Crippen molar-refractivity contribution in [3.05, 3.63) is 12.2 Å². The minimum atomic E-state index is -0.205. The summed E-state index contributed by atoms with van der Waals surface area (Å²) in [5.74, 6) is 1.02. The highest BCUT2D eigenvalue weighted by molar-refractivity contribution is 6.12. The second kappa shape index (κ2) is 7.93.